The van der Waals surface area contributed by atoms with Gasteiger partial charge in [0.05, 0.1) is 6.61 Å². The van der Waals surface area contributed by atoms with E-state index in [-0.39, 0.29) is 19.2 Å². The number of ether oxygens (including phenoxy) is 1. The number of carboxylic acids is 2. The van der Waals surface area contributed by atoms with Crippen molar-refractivity contribution in [3.05, 3.63) is 0 Å². The zero-order valence-corrected chi connectivity index (χ0v) is 29.0. The maximum atomic E-state index is 11.2. The van der Waals surface area contributed by atoms with Crippen molar-refractivity contribution in [1.29, 1.82) is 0 Å². The van der Waals surface area contributed by atoms with Crippen LogP contribution < -0.4 is 0 Å². The van der Waals surface area contributed by atoms with E-state index in [0.717, 1.165) is 38.5 Å². The summed E-state index contributed by atoms with van der Waals surface area (Å²) in [4.78, 5) is 31.6. The quantitative estimate of drug-likeness (QED) is 0.0453. The van der Waals surface area contributed by atoms with E-state index < -0.39 is 18.0 Å². The molecule has 0 rings (SSSR count). The lowest BCUT2D eigenvalue weighted by Gasteiger charge is -2.08. The fourth-order valence-electron chi connectivity index (χ4n) is 4.54. The minimum absolute atomic E-state index is 0.105. The van der Waals surface area contributed by atoms with E-state index in [2.05, 4.69) is 20.8 Å². The molecule has 0 saturated carbocycles. The lowest BCUT2D eigenvalue weighted by Crippen LogP contribution is -2.21. The summed E-state index contributed by atoms with van der Waals surface area (Å²) in [6.45, 7) is 6.16. The number of hydrogen-bond acceptors (Lipinski definition) is 6. The van der Waals surface area contributed by atoms with Gasteiger partial charge in [0.15, 0.2) is 0 Å². The molecule has 0 aliphatic rings. The van der Waals surface area contributed by atoms with Gasteiger partial charge < -0.3 is 25.2 Å². The van der Waals surface area contributed by atoms with Gasteiger partial charge in [-0.25, -0.2) is 0 Å². The molecule has 8 heteroatoms. The van der Waals surface area contributed by atoms with Gasteiger partial charge >= 0.3 is 17.9 Å². The van der Waals surface area contributed by atoms with Crippen molar-refractivity contribution in [1.82, 2.24) is 0 Å². The first-order valence-electron chi connectivity index (χ1n) is 18.1. The molecule has 0 aromatic rings. The van der Waals surface area contributed by atoms with Crippen LogP contribution >= 0.6 is 0 Å². The monoisotopic (exact) mass is 633 g/mol. The Labute approximate surface area is 270 Å². The summed E-state index contributed by atoms with van der Waals surface area (Å²) in [5.74, 6) is -1.61. The molecule has 1 unspecified atom stereocenters. The molecule has 0 aromatic carbocycles. The predicted octanol–water partition coefficient (Wildman–Crippen LogP) is 9.62. The standard InChI is InChI=1S/C14H28O4.2C11H22O2/c1-2-3-4-5-6-7-8-9-10-14(17)18-12-13(16)11-15;2*1-2-3-4-5-6-7-8-9-10-11(12)13/h13,15-16H,2-12H2,1H3;2*2-10H2,1H3,(H,12,13). The maximum Gasteiger partial charge on any atom is 0.305 e. The first-order valence-corrected chi connectivity index (χ1v) is 18.1. The molecule has 0 radical (unpaired) electrons. The van der Waals surface area contributed by atoms with E-state index >= 15 is 0 Å². The predicted molar refractivity (Wildman–Crippen MR) is 181 cm³/mol. The highest BCUT2D eigenvalue weighted by molar-refractivity contribution is 5.69. The Bertz CT molecular complexity index is 567. The molecule has 0 saturated heterocycles. The number of unbranched alkanes of at least 4 members (excludes halogenated alkanes) is 21. The normalized spacial score (nSPS) is 11.1. The van der Waals surface area contributed by atoms with Crippen LogP contribution in [0.25, 0.3) is 0 Å². The van der Waals surface area contributed by atoms with Crippen LogP contribution in [0, 0.1) is 0 Å². The number of aliphatic carboxylic acids is 2. The highest BCUT2D eigenvalue weighted by Gasteiger charge is 2.07. The molecule has 0 bridgehead atoms. The molecule has 8 nitrogen and oxygen atoms in total. The Kier molecular flexibility index (Phi) is 43.9. The number of aliphatic hydroxyl groups is 2. The van der Waals surface area contributed by atoms with E-state index in [1.54, 1.807) is 0 Å². The van der Waals surface area contributed by atoms with E-state index in [0.29, 0.717) is 19.3 Å². The largest absolute Gasteiger partial charge is 0.481 e. The SMILES string of the molecule is CCCCCCCCCCC(=O)O.CCCCCCCCCCC(=O)O.CCCCCCCCCCC(=O)OCC(O)CO. The molecule has 44 heavy (non-hydrogen) atoms. The molecule has 0 aromatic heterocycles. The van der Waals surface area contributed by atoms with Gasteiger partial charge in [0, 0.05) is 19.3 Å². The molecular formula is C36H72O8. The van der Waals surface area contributed by atoms with Crippen LogP contribution in [0.4, 0.5) is 0 Å². The Morgan fingerprint density at radius 3 is 1.02 bits per heavy atom. The van der Waals surface area contributed by atoms with Gasteiger partial charge in [0.1, 0.15) is 12.7 Å². The highest BCUT2D eigenvalue weighted by Crippen LogP contribution is 2.11. The first kappa shape index (κ1) is 46.7. The molecule has 264 valence electrons. The van der Waals surface area contributed by atoms with Crippen LogP contribution in [-0.2, 0) is 19.1 Å². The molecule has 0 aliphatic carbocycles. The van der Waals surface area contributed by atoms with Crippen LogP contribution in [0.3, 0.4) is 0 Å². The summed E-state index contributed by atoms with van der Waals surface area (Å²) in [7, 11) is 0. The molecular weight excluding hydrogens is 560 g/mol. The Balaban J connectivity index is -0.000000585. The van der Waals surface area contributed by atoms with E-state index in [9.17, 15) is 14.4 Å². The lowest BCUT2D eigenvalue weighted by molar-refractivity contribution is -0.147. The summed E-state index contributed by atoms with van der Waals surface area (Å²) in [5.41, 5.74) is 0. The number of rotatable bonds is 30. The second-order valence-corrected chi connectivity index (χ2v) is 12.0. The summed E-state index contributed by atoms with van der Waals surface area (Å²) < 4.78 is 4.81. The average molecular weight is 633 g/mol. The summed E-state index contributed by atoms with van der Waals surface area (Å²) in [6, 6.07) is 0. The minimum Gasteiger partial charge on any atom is -0.481 e. The van der Waals surface area contributed by atoms with Crippen LogP contribution in [-0.4, -0.2) is 57.7 Å². The first-order chi connectivity index (χ1) is 21.2. The van der Waals surface area contributed by atoms with Crippen molar-refractivity contribution < 1.29 is 39.5 Å². The lowest BCUT2D eigenvalue weighted by atomic mass is 10.1. The number of carbonyl (C=O) groups excluding carboxylic acids is 1. The van der Waals surface area contributed by atoms with Crippen molar-refractivity contribution in [2.75, 3.05) is 13.2 Å². The fourth-order valence-corrected chi connectivity index (χ4v) is 4.54. The van der Waals surface area contributed by atoms with Crippen LogP contribution in [0.15, 0.2) is 0 Å². The van der Waals surface area contributed by atoms with Crippen LogP contribution in [0.5, 0.6) is 0 Å². The van der Waals surface area contributed by atoms with Crippen molar-refractivity contribution >= 4 is 17.9 Å². The van der Waals surface area contributed by atoms with Gasteiger partial charge in [0.2, 0.25) is 0 Å². The van der Waals surface area contributed by atoms with Crippen molar-refractivity contribution in [2.45, 2.75) is 200 Å². The zero-order valence-electron chi connectivity index (χ0n) is 29.0. The summed E-state index contributed by atoms with van der Waals surface area (Å²) in [6.07, 6.45) is 29.1. The second kappa shape index (κ2) is 41.3. The minimum atomic E-state index is -0.951. The Hall–Kier alpha value is -1.67. The number of carbonyl (C=O) groups is 3. The Morgan fingerprint density at radius 2 is 0.750 bits per heavy atom. The average Bonchev–Trinajstić information content (AvgIpc) is 3.00. The molecule has 0 heterocycles. The maximum absolute atomic E-state index is 11.2. The van der Waals surface area contributed by atoms with Crippen LogP contribution in [0.1, 0.15) is 194 Å². The van der Waals surface area contributed by atoms with Crippen molar-refractivity contribution in [2.24, 2.45) is 0 Å². The van der Waals surface area contributed by atoms with E-state index in [1.165, 1.54) is 116 Å². The van der Waals surface area contributed by atoms with Crippen molar-refractivity contribution in [3.8, 4) is 0 Å². The van der Waals surface area contributed by atoms with Gasteiger partial charge in [-0.3, -0.25) is 14.4 Å². The van der Waals surface area contributed by atoms with Gasteiger partial charge in [-0.15, -0.1) is 0 Å². The van der Waals surface area contributed by atoms with Crippen LogP contribution in [0.2, 0.25) is 0 Å². The number of aliphatic hydroxyl groups excluding tert-OH is 2. The van der Waals surface area contributed by atoms with Gasteiger partial charge in [-0.05, 0) is 19.3 Å². The molecule has 0 fully saturated rings. The van der Waals surface area contributed by atoms with Crippen molar-refractivity contribution in [3.63, 3.8) is 0 Å². The van der Waals surface area contributed by atoms with Gasteiger partial charge in [0.25, 0.3) is 0 Å². The third-order valence-electron chi connectivity index (χ3n) is 7.37. The zero-order chi connectivity index (χ0) is 33.5. The smallest absolute Gasteiger partial charge is 0.305 e. The van der Waals surface area contributed by atoms with E-state index in [1.807, 2.05) is 0 Å². The molecule has 0 spiro atoms. The molecule has 0 amide bonds. The van der Waals surface area contributed by atoms with Gasteiger partial charge in [-0.2, -0.15) is 0 Å². The van der Waals surface area contributed by atoms with E-state index in [4.69, 9.17) is 25.2 Å². The third kappa shape index (κ3) is 50.0. The highest BCUT2D eigenvalue weighted by atomic mass is 16.5. The third-order valence-corrected chi connectivity index (χ3v) is 7.37. The topological polar surface area (TPSA) is 141 Å². The Morgan fingerprint density at radius 1 is 0.477 bits per heavy atom. The number of esters is 1. The summed E-state index contributed by atoms with van der Waals surface area (Å²) in [5, 5.41) is 34.3. The second-order valence-electron chi connectivity index (χ2n) is 12.0. The molecule has 0 aliphatic heterocycles. The molecule has 1 atom stereocenters. The number of carboxylic acid groups (broad SMARTS) is 2. The fraction of sp³-hybridized carbons (Fsp3) is 0.917. The number of hydrogen-bond donors (Lipinski definition) is 4. The summed E-state index contributed by atoms with van der Waals surface area (Å²) >= 11 is 0. The van der Waals surface area contributed by atoms with Gasteiger partial charge in [-0.1, -0.05) is 156 Å². The molecule has 4 N–H and O–H groups in total.